The summed E-state index contributed by atoms with van der Waals surface area (Å²) < 4.78 is 49.9. The summed E-state index contributed by atoms with van der Waals surface area (Å²) in [5, 5.41) is 0. The van der Waals surface area contributed by atoms with Gasteiger partial charge in [0.15, 0.2) is 6.29 Å². The number of halogens is 4. The van der Waals surface area contributed by atoms with Crippen molar-refractivity contribution in [1.29, 1.82) is 0 Å². The lowest BCUT2D eigenvalue weighted by atomic mass is 9.97. The second kappa shape index (κ2) is 5.28. The average Bonchev–Trinajstić information content (AvgIpc) is 2.34. The maximum absolute atomic E-state index is 13.4. The summed E-state index contributed by atoms with van der Waals surface area (Å²) in [4.78, 5) is 12.3. The van der Waals surface area contributed by atoms with Crippen LogP contribution in [0.1, 0.15) is 27.9 Å². The first kappa shape index (κ1) is 14.0. The molecule has 2 rings (SSSR count). The molecule has 1 aromatic carbocycles. The van der Waals surface area contributed by atoms with Crippen LogP contribution in [0.3, 0.4) is 0 Å². The number of hydrogen-bond donors (Lipinski definition) is 0. The molecule has 0 bridgehead atoms. The van der Waals surface area contributed by atoms with Crippen molar-refractivity contribution < 1.29 is 22.4 Å². The molecular formula is C13H13F4NO. The summed E-state index contributed by atoms with van der Waals surface area (Å²) in [5.74, 6) is -0.572. The molecule has 0 aliphatic carbocycles. The van der Waals surface area contributed by atoms with E-state index >= 15 is 0 Å². The summed E-state index contributed by atoms with van der Waals surface area (Å²) in [7, 11) is 0. The van der Waals surface area contributed by atoms with Crippen LogP contribution in [0, 0.1) is 5.82 Å². The SMILES string of the molecule is O=Cc1cc2c(cc1F)CCN(CCC(F)(F)F)C2. The van der Waals surface area contributed by atoms with Gasteiger partial charge in [-0.15, -0.1) is 0 Å². The first-order chi connectivity index (χ1) is 8.89. The van der Waals surface area contributed by atoms with E-state index in [1.54, 1.807) is 4.90 Å². The first-order valence-corrected chi connectivity index (χ1v) is 5.94. The number of carbonyl (C=O) groups excluding carboxylic acids is 1. The third kappa shape index (κ3) is 3.53. The van der Waals surface area contributed by atoms with Gasteiger partial charge in [-0.3, -0.25) is 9.69 Å². The number of fused-ring (bicyclic) bond motifs is 1. The normalized spacial score (nSPS) is 16.2. The van der Waals surface area contributed by atoms with Gasteiger partial charge in [-0.2, -0.15) is 13.2 Å². The van der Waals surface area contributed by atoms with Crippen LogP contribution in [0.4, 0.5) is 17.6 Å². The van der Waals surface area contributed by atoms with E-state index in [9.17, 15) is 22.4 Å². The molecule has 0 saturated heterocycles. The quantitative estimate of drug-likeness (QED) is 0.624. The number of benzene rings is 1. The lowest BCUT2D eigenvalue weighted by Crippen LogP contribution is -2.33. The first-order valence-electron chi connectivity index (χ1n) is 5.94. The van der Waals surface area contributed by atoms with Crippen molar-refractivity contribution in [2.45, 2.75) is 25.6 Å². The smallest absolute Gasteiger partial charge is 0.298 e. The molecule has 1 aliphatic heterocycles. The van der Waals surface area contributed by atoms with Crippen molar-refractivity contribution >= 4 is 6.29 Å². The molecule has 104 valence electrons. The highest BCUT2D eigenvalue weighted by Crippen LogP contribution is 2.25. The fourth-order valence-electron chi connectivity index (χ4n) is 2.22. The molecule has 1 heterocycles. The van der Waals surface area contributed by atoms with Crippen molar-refractivity contribution in [1.82, 2.24) is 4.90 Å². The number of nitrogens with zero attached hydrogens (tertiary/aromatic N) is 1. The van der Waals surface area contributed by atoms with E-state index < -0.39 is 18.4 Å². The maximum atomic E-state index is 13.4. The van der Waals surface area contributed by atoms with E-state index in [1.165, 1.54) is 12.1 Å². The highest BCUT2D eigenvalue weighted by atomic mass is 19.4. The van der Waals surface area contributed by atoms with Crippen molar-refractivity contribution in [2.75, 3.05) is 13.1 Å². The zero-order chi connectivity index (χ0) is 14.0. The van der Waals surface area contributed by atoms with Gasteiger partial charge in [0, 0.05) is 19.6 Å². The number of alkyl halides is 3. The Morgan fingerprint density at radius 2 is 2.00 bits per heavy atom. The van der Waals surface area contributed by atoms with Crippen LogP contribution in [0.5, 0.6) is 0 Å². The Hall–Kier alpha value is -1.43. The fraction of sp³-hybridized carbons (Fsp3) is 0.462. The number of carbonyl (C=O) groups is 1. The molecule has 0 unspecified atom stereocenters. The van der Waals surface area contributed by atoms with Crippen molar-refractivity contribution in [3.05, 3.63) is 34.6 Å². The zero-order valence-electron chi connectivity index (χ0n) is 10.1. The topological polar surface area (TPSA) is 20.3 Å². The number of rotatable bonds is 3. The second-order valence-corrected chi connectivity index (χ2v) is 4.65. The molecule has 0 fully saturated rings. The monoisotopic (exact) mass is 275 g/mol. The Morgan fingerprint density at radius 3 is 2.63 bits per heavy atom. The second-order valence-electron chi connectivity index (χ2n) is 4.65. The molecule has 0 spiro atoms. The summed E-state index contributed by atoms with van der Waals surface area (Å²) >= 11 is 0. The minimum absolute atomic E-state index is 0.0450. The molecular weight excluding hydrogens is 262 g/mol. The van der Waals surface area contributed by atoms with Gasteiger partial charge in [0.05, 0.1) is 12.0 Å². The molecule has 0 aromatic heterocycles. The molecule has 0 saturated carbocycles. The predicted octanol–water partition coefficient (Wildman–Crippen LogP) is 2.95. The van der Waals surface area contributed by atoms with E-state index in [2.05, 4.69) is 0 Å². The van der Waals surface area contributed by atoms with Crippen LogP contribution in [-0.2, 0) is 13.0 Å². The Bertz CT molecular complexity index is 484. The number of aldehydes is 1. The highest BCUT2D eigenvalue weighted by Gasteiger charge is 2.28. The van der Waals surface area contributed by atoms with Crippen LogP contribution >= 0.6 is 0 Å². The van der Waals surface area contributed by atoms with Gasteiger partial charge in [-0.1, -0.05) is 0 Å². The lowest BCUT2D eigenvalue weighted by molar-refractivity contribution is -0.138. The van der Waals surface area contributed by atoms with Crippen LogP contribution in [0.2, 0.25) is 0 Å². The average molecular weight is 275 g/mol. The summed E-state index contributed by atoms with van der Waals surface area (Å²) in [5.41, 5.74) is 1.46. The van der Waals surface area contributed by atoms with E-state index in [4.69, 9.17) is 0 Å². The van der Waals surface area contributed by atoms with E-state index in [0.717, 1.165) is 11.1 Å². The molecule has 1 aliphatic rings. The van der Waals surface area contributed by atoms with E-state index in [1.807, 2.05) is 0 Å². The van der Waals surface area contributed by atoms with Gasteiger partial charge < -0.3 is 0 Å². The molecule has 19 heavy (non-hydrogen) atoms. The third-order valence-corrected chi connectivity index (χ3v) is 3.25. The van der Waals surface area contributed by atoms with Crippen LogP contribution in [0.25, 0.3) is 0 Å². The Kier molecular flexibility index (Phi) is 3.89. The maximum Gasteiger partial charge on any atom is 0.390 e. The van der Waals surface area contributed by atoms with Gasteiger partial charge in [-0.25, -0.2) is 4.39 Å². The summed E-state index contributed by atoms with van der Waals surface area (Å²) in [6.07, 6.45) is -4.10. The molecule has 0 radical (unpaired) electrons. The Labute approximate surface area is 108 Å². The minimum atomic E-state index is -4.17. The minimum Gasteiger partial charge on any atom is -0.298 e. The lowest BCUT2D eigenvalue weighted by Gasteiger charge is -2.29. The molecule has 0 N–H and O–H groups in total. The van der Waals surface area contributed by atoms with Crippen LogP contribution < -0.4 is 0 Å². The van der Waals surface area contributed by atoms with Gasteiger partial charge in [-0.05, 0) is 29.7 Å². The van der Waals surface area contributed by atoms with E-state index in [0.29, 0.717) is 25.8 Å². The largest absolute Gasteiger partial charge is 0.390 e. The molecule has 2 nitrogen and oxygen atoms in total. The van der Waals surface area contributed by atoms with Gasteiger partial charge in [0.1, 0.15) is 5.82 Å². The summed E-state index contributed by atoms with van der Waals surface area (Å²) in [6, 6.07) is 2.73. The zero-order valence-corrected chi connectivity index (χ0v) is 10.1. The molecule has 0 atom stereocenters. The van der Waals surface area contributed by atoms with Crippen molar-refractivity contribution in [3.63, 3.8) is 0 Å². The van der Waals surface area contributed by atoms with Gasteiger partial charge in [0.25, 0.3) is 0 Å². The molecule has 0 amide bonds. The third-order valence-electron chi connectivity index (χ3n) is 3.25. The molecule has 1 aromatic rings. The number of hydrogen-bond acceptors (Lipinski definition) is 2. The Balaban J connectivity index is 2.08. The predicted molar refractivity (Wildman–Crippen MR) is 61.4 cm³/mol. The van der Waals surface area contributed by atoms with Gasteiger partial charge >= 0.3 is 6.18 Å². The molecule has 6 heteroatoms. The summed E-state index contributed by atoms with van der Waals surface area (Å²) in [6.45, 7) is 0.728. The standard InChI is InChI=1S/C13H13F4NO/c14-12-6-9-1-3-18(4-2-13(15,16)17)7-10(9)5-11(12)8-19/h5-6,8H,1-4,7H2. The van der Waals surface area contributed by atoms with Crippen LogP contribution in [0.15, 0.2) is 12.1 Å². The van der Waals surface area contributed by atoms with Crippen molar-refractivity contribution in [2.24, 2.45) is 0 Å². The van der Waals surface area contributed by atoms with E-state index in [-0.39, 0.29) is 12.1 Å². The highest BCUT2D eigenvalue weighted by molar-refractivity contribution is 5.75. The Morgan fingerprint density at radius 1 is 1.26 bits per heavy atom. The van der Waals surface area contributed by atoms with Crippen LogP contribution in [-0.4, -0.2) is 30.5 Å². The fourth-order valence-corrected chi connectivity index (χ4v) is 2.22. The van der Waals surface area contributed by atoms with Gasteiger partial charge in [0.2, 0.25) is 0 Å². The van der Waals surface area contributed by atoms with Crippen molar-refractivity contribution in [3.8, 4) is 0 Å².